The molecule has 2 unspecified atom stereocenters. The number of aryl methyl sites for hydroxylation is 1. The number of fused-ring (bicyclic) bond motifs is 1. The molecule has 0 N–H and O–H groups in total. The lowest BCUT2D eigenvalue weighted by atomic mass is 9.98. The smallest absolute Gasteiger partial charge is 0.269 e. The largest absolute Gasteiger partial charge is 0.334 e. The van der Waals surface area contributed by atoms with Crippen LogP contribution in [0.15, 0.2) is 64.5 Å². The van der Waals surface area contributed by atoms with Gasteiger partial charge in [0.15, 0.2) is 0 Å². The first-order valence-electron chi connectivity index (χ1n) is 11.8. The van der Waals surface area contributed by atoms with Gasteiger partial charge in [-0.1, -0.05) is 41.1 Å². The van der Waals surface area contributed by atoms with E-state index in [2.05, 4.69) is 22.5 Å². The van der Waals surface area contributed by atoms with Gasteiger partial charge in [-0.15, -0.1) is 6.58 Å². The zero-order valence-electron chi connectivity index (χ0n) is 20.2. The van der Waals surface area contributed by atoms with Crippen molar-refractivity contribution in [2.24, 2.45) is 0 Å². The number of non-ortho nitro benzene ring substituents is 1. The number of nitro benzene ring substituents is 1. The second kappa shape index (κ2) is 10.7. The molecule has 2 atom stereocenters. The van der Waals surface area contributed by atoms with Crippen molar-refractivity contribution >= 4 is 43.5 Å². The zero-order chi connectivity index (χ0) is 26.9. The van der Waals surface area contributed by atoms with Gasteiger partial charge in [0, 0.05) is 42.5 Å². The molecule has 0 aliphatic carbocycles. The first kappa shape index (κ1) is 27.0. The molecule has 2 aromatic rings. The number of benzene rings is 2. The van der Waals surface area contributed by atoms with Crippen LogP contribution in [0.4, 0.5) is 5.69 Å². The fraction of sp³-hybridized carbons (Fsp3) is 0.360. The number of amides is 2. The van der Waals surface area contributed by atoms with E-state index < -0.39 is 27.2 Å². The van der Waals surface area contributed by atoms with Gasteiger partial charge in [-0.3, -0.25) is 19.7 Å². The molecular formula is C25H27BrN4O6S. The maximum Gasteiger partial charge on any atom is 0.269 e. The Morgan fingerprint density at radius 3 is 2.51 bits per heavy atom. The summed E-state index contributed by atoms with van der Waals surface area (Å²) in [6, 6.07) is 9.82. The number of carbonyl (C=O) groups excluding carboxylic acids is 2. The third-order valence-corrected chi connectivity index (χ3v) is 9.21. The number of hydrogen-bond acceptors (Lipinski definition) is 6. The average molecular weight is 591 g/mol. The van der Waals surface area contributed by atoms with Crippen LogP contribution in [0.5, 0.6) is 0 Å². The van der Waals surface area contributed by atoms with E-state index in [1.54, 1.807) is 36.4 Å². The summed E-state index contributed by atoms with van der Waals surface area (Å²) in [4.78, 5) is 40.2. The number of hydrogen-bond donors (Lipinski definition) is 0. The van der Waals surface area contributed by atoms with Gasteiger partial charge in [0.1, 0.15) is 12.2 Å². The van der Waals surface area contributed by atoms with E-state index in [0.29, 0.717) is 17.5 Å². The zero-order valence-corrected chi connectivity index (χ0v) is 22.7. The van der Waals surface area contributed by atoms with Crippen LogP contribution in [0.25, 0.3) is 0 Å². The van der Waals surface area contributed by atoms with Crippen LogP contribution in [0.3, 0.4) is 0 Å². The van der Waals surface area contributed by atoms with Crippen LogP contribution < -0.4 is 0 Å². The Morgan fingerprint density at radius 2 is 1.89 bits per heavy atom. The van der Waals surface area contributed by atoms with Gasteiger partial charge in [0.25, 0.3) is 5.69 Å². The molecule has 0 spiro atoms. The summed E-state index contributed by atoms with van der Waals surface area (Å²) >= 11 is 3.39. The Labute approximate surface area is 223 Å². The first-order chi connectivity index (χ1) is 17.6. The van der Waals surface area contributed by atoms with Crippen LogP contribution in [0.1, 0.15) is 24.5 Å². The van der Waals surface area contributed by atoms with Crippen molar-refractivity contribution in [1.82, 2.24) is 14.1 Å². The maximum absolute atomic E-state index is 13.9. The number of piperazine rings is 1. The molecule has 0 saturated carbocycles. The van der Waals surface area contributed by atoms with Crippen molar-refractivity contribution in [3.05, 3.63) is 80.8 Å². The molecule has 2 fully saturated rings. The van der Waals surface area contributed by atoms with Crippen LogP contribution in [-0.2, 0) is 32.5 Å². The van der Waals surface area contributed by atoms with E-state index in [-0.39, 0.29) is 54.9 Å². The summed E-state index contributed by atoms with van der Waals surface area (Å²) in [5.41, 5.74) is 1.18. The molecule has 12 heteroatoms. The van der Waals surface area contributed by atoms with Gasteiger partial charge in [-0.25, -0.2) is 8.42 Å². The van der Waals surface area contributed by atoms with E-state index >= 15 is 0 Å². The minimum Gasteiger partial charge on any atom is -0.334 e. The van der Waals surface area contributed by atoms with Crippen LogP contribution in [0.2, 0.25) is 0 Å². The third kappa shape index (κ3) is 5.18. The number of sulfonamides is 1. The highest BCUT2D eigenvalue weighted by Crippen LogP contribution is 2.33. The van der Waals surface area contributed by atoms with E-state index in [0.717, 1.165) is 4.47 Å². The predicted molar refractivity (Wildman–Crippen MR) is 140 cm³/mol. The monoisotopic (exact) mass is 590 g/mol. The van der Waals surface area contributed by atoms with Crippen molar-refractivity contribution in [1.29, 1.82) is 0 Å². The molecule has 4 rings (SSSR count). The summed E-state index contributed by atoms with van der Waals surface area (Å²) in [5.74, 6) is -0.624. The molecular weight excluding hydrogens is 564 g/mol. The summed E-state index contributed by atoms with van der Waals surface area (Å²) in [6.07, 6.45) is 1.21. The highest BCUT2D eigenvalue weighted by atomic mass is 79.9. The topological polar surface area (TPSA) is 121 Å². The molecule has 196 valence electrons. The standard InChI is InChI=1S/C25H27BrN4O6S/c1-3-12-27-16-23-28(37(35,36)22-10-7-19(26)15-18(22)4-2)13-11-24(31)29(23)21(25(27)32)14-17-5-8-20(9-6-17)30(33)34/h3,5-10,15,21,23H,1,4,11-14,16H2,2H3. The molecule has 0 bridgehead atoms. The van der Waals surface area contributed by atoms with Crippen LogP contribution in [0, 0.1) is 10.1 Å². The second-order valence-corrected chi connectivity index (χ2v) is 11.7. The quantitative estimate of drug-likeness (QED) is 0.264. The van der Waals surface area contributed by atoms with Gasteiger partial charge in [0.05, 0.1) is 16.4 Å². The van der Waals surface area contributed by atoms with E-state index in [9.17, 15) is 28.1 Å². The van der Waals surface area contributed by atoms with Crippen molar-refractivity contribution in [2.45, 2.75) is 43.3 Å². The molecule has 0 radical (unpaired) electrons. The minimum absolute atomic E-state index is 0.00191. The Kier molecular flexibility index (Phi) is 7.81. The molecule has 2 amide bonds. The van der Waals surface area contributed by atoms with E-state index in [1.165, 1.54) is 26.2 Å². The third-order valence-electron chi connectivity index (χ3n) is 6.72. The van der Waals surface area contributed by atoms with Gasteiger partial charge in [0.2, 0.25) is 21.8 Å². The van der Waals surface area contributed by atoms with Crippen LogP contribution in [-0.4, -0.2) is 71.1 Å². The van der Waals surface area contributed by atoms with Crippen molar-refractivity contribution in [2.75, 3.05) is 19.6 Å². The number of nitro groups is 1. The summed E-state index contributed by atoms with van der Waals surface area (Å²) < 4.78 is 30.0. The highest BCUT2D eigenvalue weighted by molar-refractivity contribution is 9.10. The lowest BCUT2D eigenvalue weighted by Gasteiger charge is -2.51. The molecule has 2 aromatic carbocycles. The van der Waals surface area contributed by atoms with Gasteiger partial charge in [-0.2, -0.15) is 4.31 Å². The molecule has 2 heterocycles. The normalized spacial score (nSPS) is 20.6. The summed E-state index contributed by atoms with van der Waals surface area (Å²) in [7, 11) is -4.00. The lowest BCUT2D eigenvalue weighted by molar-refractivity contribution is -0.384. The second-order valence-electron chi connectivity index (χ2n) is 8.93. The SMILES string of the molecule is C=CCN1CC2N(C(=O)CCN2S(=O)(=O)c2ccc(Br)cc2CC)C(Cc2ccc([N+](=O)[O-])cc2)C1=O. The molecule has 0 aromatic heterocycles. The van der Waals surface area contributed by atoms with Crippen molar-refractivity contribution in [3.8, 4) is 0 Å². The Bertz CT molecular complexity index is 1350. The summed E-state index contributed by atoms with van der Waals surface area (Å²) in [5, 5.41) is 11.0. The highest BCUT2D eigenvalue weighted by Gasteiger charge is 2.50. The lowest BCUT2D eigenvalue weighted by Crippen LogP contribution is -2.71. The minimum atomic E-state index is -4.00. The van der Waals surface area contributed by atoms with Gasteiger partial charge >= 0.3 is 0 Å². The van der Waals surface area contributed by atoms with E-state index in [4.69, 9.17) is 0 Å². The Balaban J connectivity index is 1.74. The Hall–Kier alpha value is -3.09. The molecule has 2 aliphatic rings. The van der Waals surface area contributed by atoms with Crippen molar-refractivity contribution < 1.29 is 22.9 Å². The maximum atomic E-state index is 13.9. The van der Waals surface area contributed by atoms with Crippen molar-refractivity contribution in [3.63, 3.8) is 0 Å². The molecule has 37 heavy (non-hydrogen) atoms. The predicted octanol–water partition coefficient (Wildman–Crippen LogP) is 3.11. The molecule has 2 aliphatic heterocycles. The first-order valence-corrected chi connectivity index (χ1v) is 14.1. The van der Waals surface area contributed by atoms with Crippen LogP contribution >= 0.6 is 15.9 Å². The number of nitrogens with zero attached hydrogens (tertiary/aromatic N) is 4. The van der Waals surface area contributed by atoms with Gasteiger partial charge < -0.3 is 9.80 Å². The summed E-state index contributed by atoms with van der Waals surface area (Å²) in [6.45, 7) is 5.80. The van der Waals surface area contributed by atoms with E-state index in [1.807, 2.05) is 6.92 Å². The number of rotatable bonds is 8. The number of halogens is 1. The van der Waals surface area contributed by atoms with Gasteiger partial charge in [-0.05, 0) is 35.7 Å². The number of carbonyl (C=O) groups is 2. The average Bonchev–Trinajstić information content (AvgIpc) is 2.86. The molecule has 10 nitrogen and oxygen atoms in total. The molecule has 2 saturated heterocycles. The Morgan fingerprint density at radius 1 is 1.19 bits per heavy atom. The fourth-order valence-corrected chi connectivity index (χ4v) is 7.19. The fourth-order valence-electron chi connectivity index (χ4n) is 4.93.